The smallest absolute Gasteiger partial charge is 0.255 e. The minimum atomic E-state index is -3.35. The average molecular weight is 388 g/mol. The summed E-state index contributed by atoms with van der Waals surface area (Å²) in [6.07, 6.45) is 2.66. The highest BCUT2D eigenvalue weighted by atomic mass is 32.2. The highest BCUT2D eigenvalue weighted by Crippen LogP contribution is 2.35. The monoisotopic (exact) mass is 388 g/mol. The number of nitrogens with zero attached hydrogens (tertiary/aromatic N) is 1. The Morgan fingerprint density at radius 1 is 1.26 bits per heavy atom. The molecule has 0 saturated carbocycles. The summed E-state index contributed by atoms with van der Waals surface area (Å²) in [5, 5.41) is 2.88. The molecule has 6 nitrogen and oxygen atoms in total. The molecule has 2 aromatic carbocycles. The zero-order valence-corrected chi connectivity index (χ0v) is 16.5. The number of fused-ring (bicyclic) bond motifs is 1. The Kier molecular flexibility index (Phi) is 5.41. The molecule has 0 unspecified atom stereocenters. The van der Waals surface area contributed by atoms with Crippen LogP contribution >= 0.6 is 0 Å². The first-order valence-corrected chi connectivity index (χ1v) is 10.8. The summed E-state index contributed by atoms with van der Waals surface area (Å²) >= 11 is 0. The van der Waals surface area contributed by atoms with Crippen LogP contribution in [0.3, 0.4) is 0 Å². The normalized spacial score (nSPS) is 16.1. The fourth-order valence-corrected chi connectivity index (χ4v) is 4.62. The number of sulfonamides is 1. The molecule has 0 aliphatic carbocycles. The molecule has 0 aromatic heterocycles. The van der Waals surface area contributed by atoms with Crippen molar-refractivity contribution in [3.8, 4) is 5.75 Å². The topological polar surface area (TPSA) is 75.7 Å². The highest BCUT2D eigenvalue weighted by Gasteiger charge is 2.32. The van der Waals surface area contributed by atoms with E-state index in [1.807, 2.05) is 32.0 Å². The second kappa shape index (κ2) is 7.60. The minimum Gasteiger partial charge on any atom is -0.491 e. The molecule has 1 aliphatic rings. The summed E-state index contributed by atoms with van der Waals surface area (Å²) in [6, 6.07) is 12.3. The van der Waals surface area contributed by atoms with Crippen LogP contribution in [0.1, 0.15) is 36.2 Å². The van der Waals surface area contributed by atoms with Crippen molar-refractivity contribution >= 4 is 27.3 Å². The van der Waals surface area contributed by atoms with Gasteiger partial charge in [-0.1, -0.05) is 19.1 Å². The first-order chi connectivity index (χ1) is 12.8. The molecule has 0 saturated heterocycles. The van der Waals surface area contributed by atoms with Gasteiger partial charge in [-0.05, 0) is 55.7 Å². The van der Waals surface area contributed by atoms with E-state index in [1.54, 1.807) is 24.3 Å². The highest BCUT2D eigenvalue weighted by molar-refractivity contribution is 7.92. The lowest BCUT2D eigenvalue weighted by atomic mass is 10.1. The third-order valence-corrected chi connectivity index (χ3v) is 5.72. The largest absolute Gasteiger partial charge is 0.491 e. The lowest BCUT2D eigenvalue weighted by molar-refractivity contribution is 0.102. The quantitative estimate of drug-likeness (QED) is 0.822. The molecule has 1 heterocycles. The van der Waals surface area contributed by atoms with E-state index in [1.165, 1.54) is 10.6 Å². The van der Waals surface area contributed by atoms with Crippen molar-refractivity contribution in [2.24, 2.45) is 0 Å². The number of nitrogens with one attached hydrogen (secondary N) is 1. The summed E-state index contributed by atoms with van der Waals surface area (Å²) < 4.78 is 31.1. The predicted octanol–water partition coefficient (Wildman–Crippen LogP) is 3.44. The third-order valence-electron chi connectivity index (χ3n) is 4.45. The molecule has 27 heavy (non-hydrogen) atoms. The molecule has 7 heteroatoms. The second-order valence-electron chi connectivity index (χ2n) is 6.75. The molecule has 1 amide bonds. The molecule has 0 spiro atoms. The van der Waals surface area contributed by atoms with Crippen molar-refractivity contribution in [1.29, 1.82) is 0 Å². The van der Waals surface area contributed by atoms with E-state index < -0.39 is 10.0 Å². The maximum atomic E-state index is 12.7. The van der Waals surface area contributed by atoms with E-state index >= 15 is 0 Å². The lowest BCUT2D eigenvalue weighted by Gasteiger charge is -2.21. The van der Waals surface area contributed by atoms with Gasteiger partial charge in [0.15, 0.2) is 0 Å². The summed E-state index contributed by atoms with van der Waals surface area (Å²) in [6.45, 7) is 4.46. The summed E-state index contributed by atoms with van der Waals surface area (Å²) in [5.41, 5.74) is 2.61. The van der Waals surface area contributed by atoms with Crippen LogP contribution in [0, 0.1) is 0 Å². The molecule has 1 atom stereocenters. The van der Waals surface area contributed by atoms with Crippen LogP contribution in [-0.2, 0) is 16.4 Å². The number of ether oxygens (including phenoxy) is 1. The Labute approximate surface area is 160 Å². The van der Waals surface area contributed by atoms with Gasteiger partial charge in [-0.2, -0.15) is 0 Å². The molecular formula is C20H24N2O4S. The number of anilines is 2. The molecule has 1 aliphatic heterocycles. The molecule has 144 valence electrons. The maximum Gasteiger partial charge on any atom is 0.255 e. The zero-order valence-electron chi connectivity index (χ0n) is 15.7. The van der Waals surface area contributed by atoms with Gasteiger partial charge in [0.05, 0.1) is 24.2 Å². The van der Waals surface area contributed by atoms with E-state index in [-0.39, 0.29) is 11.9 Å². The number of amides is 1. The van der Waals surface area contributed by atoms with Gasteiger partial charge in [0.2, 0.25) is 10.0 Å². The first-order valence-electron chi connectivity index (χ1n) is 8.96. The summed E-state index contributed by atoms with van der Waals surface area (Å²) in [4.78, 5) is 12.7. The van der Waals surface area contributed by atoms with Crippen LogP contribution in [0.4, 0.5) is 11.4 Å². The van der Waals surface area contributed by atoms with E-state index in [9.17, 15) is 13.2 Å². The number of carbonyl (C=O) groups excluding carboxylic acids is 1. The average Bonchev–Trinajstić information content (AvgIpc) is 2.95. The number of hydrogen-bond acceptors (Lipinski definition) is 4. The Morgan fingerprint density at radius 3 is 2.70 bits per heavy atom. The number of hydrogen-bond donors (Lipinski definition) is 1. The third kappa shape index (κ3) is 4.08. The maximum absolute atomic E-state index is 12.7. The van der Waals surface area contributed by atoms with Gasteiger partial charge in [-0.15, -0.1) is 0 Å². The van der Waals surface area contributed by atoms with Gasteiger partial charge in [0.1, 0.15) is 5.75 Å². The van der Waals surface area contributed by atoms with Crippen LogP contribution in [-0.4, -0.2) is 33.2 Å². The second-order valence-corrected chi connectivity index (χ2v) is 8.61. The van der Waals surface area contributed by atoms with Crippen LogP contribution in [0.25, 0.3) is 0 Å². The Bertz CT molecular complexity index is 956. The van der Waals surface area contributed by atoms with E-state index in [2.05, 4.69) is 5.32 Å². The predicted molar refractivity (Wildman–Crippen MR) is 107 cm³/mol. The van der Waals surface area contributed by atoms with Crippen LogP contribution in [0.5, 0.6) is 5.75 Å². The standard InChI is InChI=1S/C20H24N2O4S/c1-4-11-26-19-8-6-5-7-17(19)21-20(23)15-9-10-18-16(13-15)12-14(2)22(18)27(3,24)25/h5-10,13-14H,4,11-12H2,1-3H3,(H,21,23)/t14-/m0/s1. The molecule has 1 N–H and O–H groups in total. The van der Waals surface area contributed by atoms with Crippen molar-refractivity contribution in [1.82, 2.24) is 0 Å². The summed E-state index contributed by atoms with van der Waals surface area (Å²) in [5.74, 6) is 0.376. The first kappa shape index (κ1) is 19.2. The molecule has 3 rings (SSSR count). The van der Waals surface area contributed by atoms with Gasteiger partial charge in [-0.3, -0.25) is 9.10 Å². The fourth-order valence-electron chi connectivity index (χ4n) is 3.35. The van der Waals surface area contributed by atoms with Crippen molar-refractivity contribution in [2.45, 2.75) is 32.7 Å². The SMILES string of the molecule is CCCOc1ccccc1NC(=O)c1ccc2c(c1)C[C@H](C)N2S(C)(=O)=O. The van der Waals surface area contributed by atoms with Gasteiger partial charge in [0.25, 0.3) is 5.91 Å². The zero-order chi connectivity index (χ0) is 19.6. The van der Waals surface area contributed by atoms with Crippen molar-refractivity contribution in [3.05, 3.63) is 53.6 Å². The molecular weight excluding hydrogens is 364 g/mol. The van der Waals surface area contributed by atoms with E-state index in [4.69, 9.17) is 4.74 Å². The van der Waals surface area contributed by atoms with Gasteiger partial charge in [-0.25, -0.2) is 8.42 Å². The number of carbonyl (C=O) groups is 1. The van der Waals surface area contributed by atoms with Gasteiger partial charge in [0, 0.05) is 11.6 Å². The van der Waals surface area contributed by atoms with Crippen molar-refractivity contribution < 1.29 is 17.9 Å². The lowest BCUT2D eigenvalue weighted by Crippen LogP contribution is -2.34. The van der Waals surface area contributed by atoms with Crippen molar-refractivity contribution in [3.63, 3.8) is 0 Å². The molecule has 0 radical (unpaired) electrons. The van der Waals surface area contributed by atoms with Crippen LogP contribution in [0.2, 0.25) is 0 Å². The van der Waals surface area contributed by atoms with Gasteiger partial charge >= 0.3 is 0 Å². The van der Waals surface area contributed by atoms with Crippen LogP contribution < -0.4 is 14.4 Å². The Hall–Kier alpha value is -2.54. The van der Waals surface area contributed by atoms with Crippen LogP contribution in [0.15, 0.2) is 42.5 Å². The minimum absolute atomic E-state index is 0.156. The number of rotatable bonds is 6. The van der Waals surface area contributed by atoms with E-state index in [0.717, 1.165) is 12.0 Å². The molecule has 0 fully saturated rings. The molecule has 2 aromatic rings. The van der Waals surface area contributed by atoms with Gasteiger partial charge < -0.3 is 10.1 Å². The fraction of sp³-hybridized carbons (Fsp3) is 0.350. The van der Waals surface area contributed by atoms with Crippen molar-refractivity contribution in [2.75, 3.05) is 22.5 Å². The van der Waals surface area contributed by atoms with E-state index in [0.29, 0.717) is 35.7 Å². The summed E-state index contributed by atoms with van der Waals surface area (Å²) in [7, 11) is -3.35. The Morgan fingerprint density at radius 2 is 2.00 bits per heavy atom. The number of para-hydroxylation sites is 2. The number of benzene rings is 2. The molecule has 0 bridgehead atoms. The Balaban J connectivity index is 1.83.